The van der Waals surface area contributed by atoms with Crippen LogP contribution in [0.25, 0.3) is 32.6 Å². The maximum absolute atomic E-state index is 17.4. The highest BCUT2D eigenvalue weighted by Gasteiger charge is 2.80. The maximum Gasteiger partial charge on any atom is 0.256 e. The number of ketones is 2. The normalized spacial score (nSPS) is 30.7. The highest BCUT2D eigenvalue weighted by molar-refractivity contribution is 8.13. The number of ether oxygens (including phenoxy) is 9. The third kappa shape index (κ3) is 19.5. The summed E-state index contributed by atoms with van der Waals surface area (Å²) in [6, 6.07) is 58.8. The van der Waals surface area contributed by atoms with Crippen LogP contribution in [0.1, 0.15) is 127 Å². The Morgan fingerprint density at radius 3 is 2.13 bits per heavy atom. The van der Waals surface area contributed by atoms with Crippen LogP contribution < -0.4 is 14.5 Å². The molecule has 0 spiro atoms. The zero-order valence-corrected chi connectivity index (χ0v) is 75.7. The molecule has 0 amide bonds. The van der Waals surface area contributed by atoms with E-state index in [9.17, 15) is 34.8 Å². The number of para-hydroxylation sites is 1. The van der Waals surface area contributed by atoms with Crippen molar-refractivity contribution in [1.82, 2.24) is 25.0 Å². The second-order valence-electron chi connectivity index (χ2n) is 36.9. The Balaban J connectivity index is 0.000000119. The van der Waals surface area contributed by atoms with E-state index in [1.807, 2.05) is 113 Å². The van der Waals surface area contributed by atoms with E-state index < -0.39 is 94.6 Å². The van der Waals surface area contributed by atoms with Crippen LogP contribution in [0.3, 0.4) is 0 Å². The van der Waals surface area contributed by atoms with Crippen LogP contribution in [0.2, 0.25) is 10.0 Å². The summed E-state index contributed by atoms with van der Waals surface area (Å²) in [5.41, 5.74) is 1.77. The summed E-state index contributed by atoms with van der Waals surface area (Å²) < 4.78 is 71.7. The number of likely N-dealkylation sites (tertiary alicyclic amines) is 1. The molecule has 676 valence electrons. The first kappa shape index (κ1) is 92.2. The molecule has 8 heterocycles. The number of alkyl halides is 1. The number of hydrogen-bond donors (Lipinski definition) is 4. The molecule has 11 aliphatic rings. The number of aliphatic hydroxyl groups excluding tert-OH is 4. The second kappa shape index (κ2) is 38.7. The number of fused-ring (bicyclic) bond motifs is 12. The number of hydrogen-bond acceptors (Lipinski definition) is 23. The van der Waals surface area contributed by atoms with Crippen LogP contribution in [-0.4, -0.2) is 225 Å². The van der Waals surface area contributed by atoms with Crippen molar-refractivity contribution in [3.63, 3.8) is 0 Å². The molecule has 20 rings (SSSR count). The van der Waals surface area contributed by atoms with Crippen molar-refractivity contribution in [2.75, 3.05) is 90.3 Å². The van der Waals surface area contributed by atoms with Crippen molar-refractivity contribution >= 4 is 89.9 Å². The van der Waals surface area contributed by atoms with Gasteiger partial charge in [0, 0.05) is 101 Å². The van der Waals surface area contributed by atoms with Gasteiger partial charge < -0.3 is 77.7 Å². The minimum absolute atomic E-state index is 0.0220. The lowest BCUT2D eigenvalue weighted by molar-refractivity contribution is -0.254. The van der Waals surface area contributed by atoms with Crippen molar-refractivity contribution in [1.29, 1.82) is 0 Å². The average molecular weight is 1800 g/mol. The molecule has 9 fully saturated rings. The number of allylic oxidation sites excluding steroid dienone is 4. The quantitative estimate of drug-likeness (QED) is 0.0622. The predicted octanol–water partition coefficient (Wildman–Crippen LogP) is 15.5. The molecule has 7 aliphatic heterocycles. The molecule has 4 aliphatic carbocycles. The third-order valence-corrected chi connectivity index (χ3v) is 28.8. The topological polar surface area (TPSA) is 265 Å². The zero-order valence-electron chi connectivity index (χ0n) is 73.4. The first-order chi connectivity index (χ1) is 61.0. The SMILES string of the molecule is CC1(C)OCC(C2OC(On3nnc4ccc(Cl)cc43)C3OC(C)(C)OC23)O1.CC1(c2ccccc2)O[C@@H]2C[C@H]3[C@@H]4CCC5=CC(=O)C=C[C@]5(C)[C@@]4(F)[C@@H](O)C[C@]3(C)[C@]2(C(=O)CO)O1.CC1CCCN(CC(O)CN2CCCc3ccccc32)C1.O=C(SCc1cccc2ccccc12)c1ccc(Cl)cc1.OC(COc1cccc2ccccc12)CN1CCOCC1. The fourth-order valence-corrected chi connectivity index (χ4v) is 22.4. The smallest absolute Gasteiger partial charge is 0.256 e. The summed E-state index contributed by atoms with van der Waals surface area (Å²) >= 11 is 13.3. The molecule has 23 nitrogen and oxygen atoms in total. The fraction of sp³-hybridized carbons (Fsp3) is 0.490. The van der Waals surface area contributed by atoms with E-state index in [1.165, 1.54) is 82.0 Å². The molecule has 6 saturated heterocycles. The van der Waals surface area contributed by atoms with E-state index >= 15 is 4.39 Å². The van der Waals surface area contributed by atoms with E-state index in [0.29, 0.717) is 77.0 Å². The van der Waals surface area contributed by atoms with Crippen LogP contribution in [0.4, 0.5) is 10.1 Å². The van der Waals surface area contributed by atoms with Gasteiger partial charge in [-0.3, -0.25) is 19.3 Å². The summed E-state index contributed by atoms with van der Waals surface area (Å²) in [6.07, 6.45) is 5.76. The van der Waals surface area contributed by atoms with Crippen LogP contribution >= 0.6 is 35.0 Å². The Morgan fingerprint density at radius 2 is 1.39 bits per heavy atom. The molecule has 9 aromatic rings. The number of Topliss-reactive ketones (excluding diaryl/α,β-unsaturated/α-hetero) is 1. The van der Waals surface area contributed by atoms with Crippen LogP contribution in [0.15, 0.2) is 206 Å². The van der Waals surface area contributed by atoms with E-state index in [0.717, 1.165) is 87.0 Å². The number of benzene rings is 8. The molecule has 0 radical (unpaired) electrons. The highest BCUT2D eigenvalue weighted by atomic mass is 35.5. The van der Waals surface area contributed by atoms with Gasteiger partial charge in [0.1, 0.15) is 54.4 Å². The number of aromatic nitrogens is 3. The van der Waals surface area contributed by atoms with Gasteiger partial charge in [0.15, 0.2) is 46.3 Å². The molecular formula is C100H117Cl2FN6O17S. The molecule has 17 atom stereocenters. The minimum Gasteiger partial charge on any atom is -0.490 e. The van der Waals surface area contributed by atoms with Crippen molar-refractivity contribution in [2.45, 2.75) is 196 Å². The van der Waals surface area contributed by atoms with Crippen LogP contribution in [0, 0.1) is 28.6 Å². The summed E-state index contributed by atoms with van der Waals surface area (Å²) in [5, 5.41) is 56.3. The molecule has 127 heavy (non-hydrogen) atoms. The van der Waals surface area contributed by atoms with Gasteiger partial charge in [-0.15, -0.1) is 5.10 Å². The van der Waals surface area contributed by atoms with Crippen molar-refractivity contribution < 1.29 is 86.7 Å². The predicted molar refractivity (Wildman–Crippen MR) is 486 cm³/mol. The van der Waals surface area contributed by atoms with Gasteiger partial charge in [-0.1, -0.05) is 193 Å². The van der Waals surface area contributed by atoms with Crippen LogP contribution in [-0.2, 0) is 65.4 Å². The Labute approximate surface area is 755 Å². The number of morpholine rings is 1. The lowest BCUT2D eigenvalue weighted by Crippen LogP contribution is -2.70. The molecular weight excluding hydrogens is 1680 g/mol. The van der Waals surface area contributed by atoms with E-state index in [2.05, 4.69) is 92.6 Å². The largest absolute Gasteiger partial charge is 0.490 e. The number of halogens is 3. The molecule has 4 N–H and O–H groups in total. The molecule has 1 aromatic heterocycles. The Morgan fingerprint density at radius 1 is 0.693 bits per heavy atom. The van der Waals surface area contributed by atoms with Gasteiger partial charge in [0.05, 0.1) is 38.1 Å². The number of anilines is 1. The average Bonchev–Trinajstić information content (AvgIpc) is 1.51. The summed E-state index contributed by atoms with van der Waals surface area (Å²) in [5.74, 6) is -1.94. The first-order valence-electron chi connectivity index (χ1n) is 44.6. The number of thioether (sulfide) groups is 1. The lowest BCUT2D eigenvalue weighted by Gasteiger charge is -2.62. The highest BCUT2D eigenvalue weighted by Crippen LogP contribution is 2.73. The van der Waals surface area contributed by atoms with Gasteiger partial charge in [0.25, 0.3) is 6.29 Å². The van der Waals surface area contributed by atoms with Crippen molar-refractivity contribution in [3.8, 4) is 5.75 Å². The summed E-state index contributed by atoms with van der Waals surface area (Å²) in [7, 11) is 0. The van der Waals surface area contributed by atoms with Crippen LogP contribution in [0.5, 0.6) is 5.75 Å². The Bertz CT molecular complexity index is 5430. The van der Waals surface area contributed by atoms with Crippen molar-refractivity contribution in [2.24, 2.45) is 28.6 Å². The first-order valence-corrected chi connectivity index (χ1v) is 46.3. The van der Waals surface area contributed by atoms with Gasteiger partial charge in [-0.05, 0) is 211 Å². The monoisotopic (exact) mass is 1790 g/mol. The Hall–Kier alpha value is -8.13. The number of β-amino-alcohol motifs (C(OH)–C–C–N with tert-alkyl or cyclic N) is 2. The number of rotatable bonds is 18. The summed E-state index contributed by atoms with van der Waals surface area (Å²) in [6.45, 7) is 24.0. The number of aliphatic hydroxyl groups is 4. The Kier molecular flexibility index (Phi) is 28.1. The van der Waals surface area contributed by atoms with Gasteiger partial charge in [0.2, 0.25) is 5.12 Å². The zero-order chi connectivity index (χ0) is 89.2. The molecule has 0 bridgehead atoms. The van der Waals surface area contributed by atoms with E-state index in [1.54, 1.807) is 62.4 Å². The maximum atomic E-state index is 17.4. The van der Waals surface area contributed by atoms with Gasteiger partial charge in [-0.25, -0.2) is 4.39 Å². The van der Waals surface area contributed by atoms with Gasteiger partial charge in [-0.2, -0.15) is 0 Å². The molecule has 9 unspecified atom stereocenters. The lowest BCUT2D eigenvalue weighted by atomic mass is 9.44. The number of nitrogens with zero attached hydrogens (tertiary/aromatic N) is 6. The van der Waals surface area contributed by atoms with Gasteiger partial charge >= 0.3 is 0 Å². The number of carbonyl (C=O) groups excluding carboxylic acids is 3. The standard InChI is InChI=1S/C29H33FO6.C18H22ClN3O6.C18H13ClOS.C18H28N2O.C17H21NO3/c1-25-12-11-19(32)13-18(25)9-10-20-21-14-24-29(23(34)16-31,26(21,2)15-22(33)28(20,25)30)36-27(3,35-24)17-7-5-4-6-8-17;1-17(2)23-8-12(25-17)13-14-15(27-18(3,4)26-14)16(24-13)28-22-11-7-9(19)5-6-10(11)20-21-22;19-16-10-8-14(9-11-16)18(20)21-12-15-6-3-5-13-4-1-2-7-17(13)15;1-15-6-4-10-19(12-15)13-17(21)14-20-11-5-8-16-7-2-3-9-18(16)20;19-15(12-18-8-10-20-11-9-18)13-21-17-7-3-5-14-4-1-2-6-16(14)17/h4-8,11-13,20-22,24,31,33H,9-10,14-16H2,1-3H3;5-7,12-16H,8H2,1-4H3;1-11H,12H2;2-3,7,9,15,17,21H,4-6,8,10-14H2,1H3;1-7,15,19H,8-13H2/t20-,21-,22-,24+,25-,26-,27?,28-,29+;;;;/m0..../s1. The minimum atomic E-state index is -2.01. The third-order valence-electron chi connectivity index (χ3n) is 27.3. The van der Waals surface area contributed by atoms with E-state index in [4.69, 9.17) is 70.7 Å². The number of aryl methyl sites for hydroxylation is 1. The number of piperidine rings is 1. The van der Waals surface area contributed by atoms with Crippen molar-refractivity contribution in [3.05, 3.63) is 238 Å². The second-order valence-corrected chi connectivity index (χ2v) is 38.7. The molecule has 8 aromatic carbocycles. The fourth-order valence-electron chi connectivity index (χ4n) is 21.3. The van der Waals surface area contributed by atoms with E-state index in [-0.39, 0.29) is 41.5 Å². The molecule has 3 saturated carbocycles. The molecule has 27 heteroatoms. The number of carbonyl (C=O) groups is 3. The summed E-state index contributed by atoms with van der Waals surface area (Å²) in [4.78, 5) is 52.1.